The Labute approximate surface area is 87.4 Å². The minimum atomic E-state index is -0.120. The van der Waals surface area contributed by atoms with Gasteiger partial charge in [0.25, 0.3) is 0 Å². The van der Waals surface area contributed by atoms with Crippen molar-refractivity contribution in [1.29, 1.82) is 0 Å². The molecule has 0 bridgehead atoms. The van der Waals surface area contributed by atoms with Gasteiger partial charge in [-0.3, -0.25) is 4.79 Å². The fourth-order valence-electron chi connectivity index (χ4n) is 1.87. The summed E-state index contributed by atoms with van der Waals surface area (Å²) in [6.07, 6.45) is 4.66. The van der Waals surface area contributed by atoms with Crippen LogP contribution in [0.4, 0.5) is 0 Å². The Hall–Kier alpha value is -0.960. The van der Waals surface area contributed by atoms with E-state index in [1.165, 1.54) is 0 Å². The van der Waals surface area contributed by atoms with Gasteiger partial charge in [-0.05, 0) is 18.9 Å². The molecule has 0 saturated heterocycles. The lowest BCUT2D eigenvalue weighted by molar-refractivity contribution is -0.119. The first-order valence-corrected chi connectivity index (χ1v) is 5.26. The number of amides is 1. The largest absolute Gasteiger partial charge is 0.469 e. The third-order valence-electron chi connectivity index (χ3n) is 2.51. The van der Waals surface area contributed by atoms with E-state index in [0.717, 1.165) is 30.6 Å². The minimum absolute atomic E-state index is 0.0175. The first-order valence-electron chi connectivity index (χ1n) is 4.73. The van der Waals surface area contributed by atoms with Crippen LogP contribution in [0, 0.1) is 0 Å². The van der Waals surface area contributed by atoms with Gasteiger partial charge in [0, 0.05) is 12.0 Å². The fourth-order valence-corrected chi connectivity index (χ4v) is 1.95. The lowest BCUT2D eigenvalue weighted by Gasteiger charge is -2.22. The summed E-state index contributed by atoms with van der Waals surface area (Å²) in [4.78, 5) is 11.1. The summed E-state index contributed by atoms with van der Waals surface area (Å²) in [6, 6.07) is 2.01. The van der Waals surface area contributed by atoms with Crippen LogP contribution in [-0.2, 0) is 11.2 Å². The molecule has 3 nitrogen and oxygen atoms in total. The van der Waals surface area contributed by atoms with Crippen molar-refractivity contribution in [3.05, 3.63) is 23.7 Å². The Morgan fingerprint density at radius 2 is 2.57 bits per heavy atom. The van der Waals surface area contributed by atoms with E-state index >= 15 is 0 Å². The molecular formula is C10H12ClNO2. The van der Waals surface area contributed by atoms with Gasteiger partial charge in [-0.25, -0.2) is 0 Å². The summed E-state index contributed by atoms with van der Waals surface area (Å²) in [5.74, 6) is 0.894. The molecule has 1 aliphatic rings. The molecule has 1 heterocycles. The maximum Gasteiger partial charge on any atom is 0.235 e. The van der Waals surface area contributed by atoms with Crippen molar-refractivity contribution >= 4 is 17.5 Å². The molecule has 1 atom stereocenters. The second-order valence-electron chi connectivity index (χ2n) is 3.45. The number of rotatable bonds is 2. The van der Waals surface area contributed by atoms with Crippen LogP contribution < -0.4 is 5.32 Å². The summed E-state index contributed by atoms with van der Waals surface area (Å²) in [5, 5.41) is 2.88. The van der Waals surface area contributed by atoms with E-state index in [0.29, 0.717) is 0 Å². The van der Waals surface area contributed by atoms with E-state index in [9.17, 15) is 4.79 Å². The van der Waals surface area contributed by atoms with Crippen LogP contribution >= 0.6 is 11.6 Å². The molecule has 1 aromatic heterocycles. The van der Waals surface area contributed by atoms with Gasteiger partial charge in [0.2, 0.25) is 5.91 Å². The molecular weight excluding hydrogens is 202 g/mol. The standard InChI is InChI=1S/C10H12ClNO2/c11-6-10(13)12-8-2-1-3-9-7(8)4-5-14-9/h4-5,8H,1-3,6H2,(H,12,13). The maximum atomic E-state index is 11.1. The number of alkyl halides is 1. The number of carbonyl (C=O) groups is 1. The topological polar surface area (TPSA) is 42.2 Å². The normalized spacial score (nSPS) is 20.2. The number of fused-ring (bicyclic) bond motifs is 1. The van der Waals surface area contributed by atoms with Crippen LogP contribution in [0.1, 0.15) is 30.2 Å². The van der Waals surface area contributed by atoms with Crippen LogP contribution in [-0.4, -0.2) is 11.8 Å². The number of hydrogen-bond acceptors (Lipinski definition) is 2. The van der Waals surface area contributed by atoms with Crippen LogP contribution in [0.25, 0.3) is 0 Å². The molecule has 0 aliphatic heterocycles. The number of carbonyl (C=O) groups excluding carboxylic acids is 1. The Morgan fingerprint density at radius 3 is 3.36 bits per heavy atom. The molecule has 0 saturated carbocycles. The van der Waals surface area contributed by atoms with E-state index in [-0.39, 0.29) is 17.8 Å². The van der Waals surface area contributed by atoms with Crippen molar-refractivity contribution in [3.8, 4) is 0 Å². The van der Waals surface area contributed by atoms with E-state index in [1.54, 1.807) is 6.26 Å². The fraction of sp³-hybridized carbons (Fsp3) is 0.500. The zero-order valence-electron chi connectivity index (χ0n) is 7.75. The van der Waals surface area contributed by atoms with Crippen molar-refractivity contribution < 1.29 is 9.21 Å². The van der Waals surface area contributed by atoms with E-state index in [4.69, 9.17) is 16.0 Å². The van der Waals surface area contributed by atoms with Gasteiger partial charge in [-0.1, -0.05) is 0 Å². The quantitative estimate of drug-likeness (QED) is 0.764. The minimum Gasteiger partial charge on any atom is -0.469 e. The molecule has 0 spiro atoms. The molecule has 2 rings (SSSR count). The number of aryl methyl sites for hydroxylation is 1. The van der Waals surface area contributed by atoms with Crippen molar-refractivity contribution in [2.75, 3.05) is 5.88 Å². The zero-order valence-corrected chi connectivity index (χ0v) is 8.51. The smallest absolute Gasteiger partial charge is 0.235 e. The summed E-state index contributed by atoms with van der Waals surface area (Å²) < 4.78 is 5.32. The highest BCUT2D eigenvalue weighted by molar-refractivity contribution is 6.27. The highest BCUT2D eigenvalue weighted by Gasteiger charge is 2.23. The third kappa shape index (κ3) is 1.77. The Bertz CT molecular complexity index is 335. The van der Waals surface area contributed by atoms with Gasteiger partial charge in [0.15, 0.2) is 0 Å². The lowest BCUT2D eigenvalue weighted by Crippen LogP contribution is -2.31. The predicted octanol–water partition coefficient (Wildman–Crippen LogP) is 2.01. The first-order chi connectivity index (χ1) is 6.81. The third-order valence-corrected chi connectivity index (χ3v) is 2.75. The highest BCUT2D eigenvalue weighted by atomic mass is 35.5. The van der Waals surface area contributed by atoms with Crippen LogP contribution in [0.3, 0.4) is 0 Å². The molecule has 14 heavy (non-hydrogen) atoms. The summed E-state index contributed by atoms with van der Waals surface area (Å²) in [6.45, 7) is 0. The van der Waals surface area contributed by atoms with Crippen LogP contribution in [0.2, 0.25) is 0 Å². The first kappa shape index (κ1) is 9.59. The molecule has 0 fully saturated rings. The van der Waals surface area contributed by atoms with Gasteiger partial charge in [0.05, 0.1) is 12.3 Å². The summed E-state index contributed by atoms with van der Waals surface area (Å²) in [7, 11) is 0. The van der Waals surface area contributed by atoms with Gasteiger partial charge >= 0.3 is 0 Å². The van der Waals surface area contributed by atoms with E-state index < -0.39 is 0 Å². The van der Waals surface area contributed by atoms with Gasteiger partial charge in [-0.2, -0.15) is 0 Å². The number of hydrogen-bond donors (Lipinski definition) is 1. The second kappa shape index (κ2) is 4.05. The molecule has 4 heteroatoms. The van der Waals surface area contributed by atoms with Crippen molar-refractivity contribution in [2.45, 2.75) is 25.3 Å². The van der Waals surface area contributed by atoms with E-state index in [2.05, 4.69) is 5.32 Å². The number of furan rings is 1. The average molecular weight is 214 g/mol. The average Bonchev–Trinajstić information content (AvgIpc) is 2.66. The molecule has 1 aliphatic carbocycles. The van der Waals surface area contributed by atoms with Crippen molar-refractivity contribution in [1.82, 2.24) is 5.32 Å². The Morgan fingerprint density at radius 1 is 1.71 bits per heavy atom. The van der Waals surface area contributed by atoms with Gasteiger partial charge < -0.3 is 9.73 Å². The predicted molar refractivity (Wildman–Crippen MR) is 53.2 cm³/mol. The highest BCUT2D eigenvalue weighted by Crippen LogP contribution is 2.30. The summed E-state index contributed by atoms with van der Waals surface area (Å²) >= 11 is 5.44. The van der Waals surface area contributed by atoms with Crippen molar-refractivity contribution in [2.24, 2.45) is 0 Å². The molecule has 0 aromatic carbocycles. The van der Waals surface area contributed by atoms with E-state index in [1.807, 2.05) is 6.07 Å². The molecule has 1 N–H and O–H groups in total. The van der Waals surface area contributed by atoms with Crippen LogP contribution in [0.5, 0.6) is 0 Å². The molecule has 76 valence electrons. The second-order valence-corrected chi connectivity index (χ2v) is 3.71. The van der Waals surface area contributed by atoms with Gasteiger partial charge in [0.1, 0.15) is 11.6 Å². The van der Waals surface area contributed by atoms with Gasteiger partial charge in [-0.15, -0.1) is 11.6 Å². The molecule has 0 radical (unpaired) electrons. The molecule has 1 aromatic rings. The zero-order chi connectivity index (χ0) is 9.97. The summed E-state index contributed by atoms with van der Waals surface area (Å²) in [5.41, 5.74) is 1.11. The Kier molecular flexibility index (Phi) is 2.77. The maximum absolute atomic E-state index is 11.1. The number of halogens is 1. The van der Waals surface area contributed by atoms with Crippen molar-refractivity contribution in [3.63, 3.8) is 0 Å². The Balaban J connectivity index is 2.12. The monoisotopic (exact) mass is 213 g/mol. The SMILES string of the molecule is O=C(CCl)NC1CCCc2occc21. The lowest BCUT2D eigenvalue weighted by atomic mass is 9.93. The molecule has 1 amide bonds. The van der Waals surface area contributed by atoms with Crippen LogP contribution in [0.15, 0.2) is 16.7 Å². The molecule has 1 unspecified atom stereocenters. The number of nitrogens with one attached hydrogen (secondary N) is 1.